The molecular weight excluding hydrogens is 242 g/mol. The van der Waals surface area contributed by atoms with Gasteiger partial charge in [-0.15, -0.1) is 0 Å². The SMILES string of the molecule is C=C1c2ccccc2C(=O)N1C1(CC(=O)O)CCC1. The van der Waals surface area contributed by atoms with Crippen molar-refractivity contribution in [2.75, 3.05) is 0 Å². The Labute approximate surface area is 111 Å². The van der Waals surface area contributed by atoms with Crippen LogP contribution in [-0.2, 0) is 4.79 Å². The number of aliphatic carboxylic acids is 1. The molecule has 0 saturated heterocycles. The van der Waals surface area contributed by atoms with Gasteiger partial charge in [0, 0.05) is 16.8 Å². The predicted molar refractivity (Wildman–Crippen MR) is 70.5 cm³/mol. The molecule has 0 atom stereocenters. The van der Waals surface area contributed by atoms with Gasteiger partial charge in [-0.05, 0) is 25.3 Å². The maximum atomic E-state index is 12.5. The molecule has 1 aliphatic heterocycles. The minimum Gasteiger partial charge on any atom is -0.481 e. The lowest BCUT2D eigenvalue weighted by Crippen LogP contribution is -2.54. The van der Waals surface area contributed by atoms with Gasteiger partial charge in [0.15, 0.2) is 0 Å². The average molecular weight is 257 g/mol. The summed E-state index contributed by atoms with van der Waals surface area (Å²) in [7, 11) is 0. The quantitative estimate of drug-likeness (QED) is 0.905. The zero-order chi connectivity index (χ0) is 13.6. The van der Waals surface area contributed by atoms with Crippen LogP contribution in [0.2, 0.25) is 0 Å². The first-order chi connectivity index (χ1) is 9.05. The summed E-state index contributed by atoms with van der Waals surface area (Å²) in [5.41, 5.74) is 1.52. The van der Waals surface area contributed by atoms with Crippen molar-refractivity contribution in [2.24, 2.45) is 0 Å². The molecule has 0 bridgehead atoms. The first-order valence-corrected chi connectivity index (χ1v) is 6.40. The molecule has 3 rings (SSSR count). The largest absolute Gasteiger partial charge is 0.481 e. The van der Waals surface area contributed by atoms with Gasteiger partial charge in [-0.2, -0.15) is 0 Å². The van der Waals surface area contributed by atoms with Gasteiger partial charge in [-0.3, -0.25) is 9.59 Å². The molecule has 0 aromatic heterocycles. The van der Waals surface area contributed by atoms with Gasteiger partial charge in [0.25, 0.3) is 5.91 Å². The molecule has 4 nitrogen and oxygen atoms in total. The zero-order valence-electron chi connectivity index (χ0n) is 10.6. The Kier molecular flexibility index (Phi) is 2.49. The topological polar surface area (TPSA) is 57.6 Å². The summed E-state index contributed by atoms with van der Waals surface area (Å²) in [4.78, 5) is 25.2. The number of carboxylic acid groups (broad SMARTS) is 1. The van der Waals surface area contributed by atoms with Crippen LogP contribution < -0.4 is 0 Å². The fourth-order valence-corrected chi connectivity index (χ4v) is 3.13. The van der Waals surface area contributed by atoms with E-state index in [1.165, 1.54) is 0 Å². The number of hydrogen-bond donors (Lipinski definition) is 1. The van der Waals surface area contributed by atoms with Crippen molar-refractivity contribution in [1.82, 2.24) is 4.90 Å². The summed E-state index contributed by atoms with van der Waals surface area (Å²) in [6.07, 6.45) is 2.42. The van der Waals surface area contributed by atoms with Gasteiger partial charge in [0.05, 0.1) is 12.0 Å². The maximum absolute atomic E-state index is 12.5. The Bertz CT molecular complexity index is 552. The maximum Gasteiger partial charge on any atom is 0.305 e. The van der Waals surface area contributed by atoms with Crippen LogP contribution >= 0.6 is 0 Å². The van der Waals surface area contributed by atoms with Gasteiger partial charge in [0.2, 0.25) is 0 Å². The van der Waals surface area contributed by atoms with Crippen LogP contribution in [0.15, 0.2) is 30.8 Å². The normalized spacial score (nSPS) is 20.1. The summed E-state index contributed by atoms with van der Waals surface area (Å²) in [5, 5.41) is 9.10. The highest BCUT2D eigenvalue weighted by atomic mass is 16.4. The molecule has 4 heteroatoms. The van der Waals surface area contributed by atoms with Gasteiger partial charge < -0.3 is 10.0 Å². The molecule has 1 fully saturated rings. The second kappa shape index (κ2) is 3.95. The third-order valence-electron chi connectivity index (χ3n) is 4.18. The van der Waals surface area contributed by atoms with E-state index in [0.29, 0.717) is 11.3 Å². The summed E-state index contributed by atoms with van der Waals surface area (Å²) in [5.74, 6) is -0.974. The molecule has 1 aromatic carbocycles. The lowest BCUT2D eigenvalue weighted by atomic mass is 9.72. The third kappa shape index (κ3) is 1.59. The minimum absolute atomic E-state index is 0.00819. The molecule has 0 radical (unpaired) electrons. The van der Waals surface area contributed by atoms with Crippen molar-refractivity contribution < 1.29 is 14.7 Å². The Morgan fingerprint density at radius 2 is 1.95 bits per heavy atom. The van der Waals surface area contributed by atoms with Gasteiger partial charge >= 0.3 is 5.97 Å². The van der Waals surface area contributed by atoms with Crippen LogP contribution in [0.4, 0.5) is 0 Å². The van der Waals surface area contributed by atoms with Crippen molar-refractivity contribution in [3.05, 3.63) is 42.0 Å². The van der Waals surface area contributed by atoms with Gasteiger partial charge in [0.1, 0.15) is 0 Å². The Morgan fingerprint density at radius 3 is 2.42 bits per heavy atom. The zero-order valence-corrected chi connectivity index (χ0v) is 10.6. The lowest BCUT2D eigenvalue weighted by Gasteiger charge is -2.48. The fraction of sp³-hybridized carbons (Fsp3) is 0.333. The van der Waals surface area contributed by atoms with Crippen molar-refractivity contribution in [3.8, 4) is 0 Å². The molecule has 1 saturated carbocycles. The molecule has 1 N–H and O–H groups in total. The van der Waals surface area contributed by atoms with E-state index in [2.05, 4.69) is 6.58 Å². The number of rotatable bonds is 3. The smallest absolute Gasteiger partial charge is 0.305 e. The Balaban J connectivity index is 2.01. The summed E-state index contributed by atoms with van der Waals surface area (Å²) in [6, 6.07) is 7.32. The Hall–Kier alpha value is -2.10. The van der Waals surface area contributed by atoms with Crippen molar-refractivity contribution in [2.45, 2.75) is 31.2 Å². The van der Waals surface area contributed by atoms with Crippen molar-refractivity contribution in [1.29, 1.82) is 0 Å². The van der Waals surface area contributed by atoms with Crippen LogP contribution in [0, 0.1) is 0 Å². The van der Waals surface area contributed by atoms with Crippen LogP contribution in [-0.4, -0.2) is 27.4 Å². The van der Waals surface area contributed by atoms with Crippen LogP contribution in [0.25, 0.3) is 5.70 Å². The molecule has 0 spiro atoms. The second-order valence-corrected chi connectivity index (χ2v) is 5.28. The number of fused-ring (bicyclic) bond motifs is 1. The number of carbonyl (C=O) groups excluding carboxylic acids is 1. The number of carboxylic acids is 1. The van der Waals surface area contributed by atoms with E-state index in [9.17, 15) is 9.59 Å². The molecule has 1 amide bonds. The monoisotopic (exact) mass is 257 g/mol. The third-order valence-corrected chi connectivity index (χ3v) is 4.18. The molecule has 1 aliphatic carbocycles. The van der Waals surface area contributed by atoms with E-state index in [1.807, 2.05) is 18.2 Å². The summed E-state index contributed by atoms with van der Waals surface area (Å²) < 4.78 is 0. The van der Waals surface area contributed by atoms with Crippen LogP contribution in [0.3, 0.4) is 0 Å². The molecule has 19 heavy (non-hydrogen) atoms. The first-order valence-electron chi connectivity index (χ1n) is 6.40. The Morgan fingerprint density at radius 1 is 1.32 bits per heavy atom. The fourth-order valence-electron chi connectivity index (χ4n) is 3.13. The van der Waals surface area contributed by atoms with Crippen molar-refractivity contribution >= 4 is 17.6 Å². The van der Waals surface area contributed by atoms with Gasteiger partial charge in [-0.25, -0.2) is 0 Å². The summed E-state index contributed by atoms with van der Waals surface area (Å²) in [6.45, 7) is 3.99. The van der Waals surface area contributed by atoms with Gasteiger partial charge in [-0.1, -0.05) is 24.8 Å². The van der Waals surface area contributed by atoms with E-state index in [4.69, 9.17) is 5.11 Å². The van der Waals surface area contributed by atoms with Crippen LogP contribution in [0.1, 0.15) is 41.6 Å². The van der Waals surface area contributed by atoms with Crippen LogP contribution in [0.5, 0.6) is 0 Å². The molecule has 1 aromatic rings. The van der Waals surface area contributed by atoms with E-state index >= 15 is 0 Å². The molecule has 98 valence electrons. The molecule has 2 aliphatic rings. The highest BCUT2D eigenvalue weighted by molar-refractivity contribution is 6.09. The number of carbonyl (C=O) groups is 2. The predicted octanol–water partition coefficient (Wildman–Crippen LogP) is 2.51. The van der Waals surface area contributed by atoms with E-state index < -0.39 is 11.5 Å². The highest BCUT2D eigenvalue weighted by Gasteiger charge is 2.50. The number of amides is 1. The minimum atomic E-state index is -0.865. The second-order valence-electron chi connectivity index (χ2n) is 5.28. The first kappa shape index (κ1) is 12.0. The van der Waals surface area contributed by atoms with E-state index in [-0.39, 0.29) is 12.3 Å². The molecule has 1 heterocycles. The standard InChI is InChI=1S/C15H15NO3/c1-10-11-5-2-3-6-12(11)14(19)16(10)15(7-4-8-15)9-13(17)18/h2-3,5-6H,1,4,7-9H2,(H,17,18). The van der Waals surface area contributed by atoms with E-state index in [1.54, 1.807) is 11.0 Å². The molecular formula is C15H15NO3. The van der Waals surface area contributed by atoms with Crippen molar-refractivity contribution in [3.63, 3.8) is 0 Å². The highest BCUT2D eigenvalue weighted by Crippen LogP contribution is 2.48. The molecule has 0 unspecified atom stereocenters. The number of benzene rings is 1. The number of hydrogen-bond acceptors (Lipinski definition) is 2. The summed E-state index contributed by atoms with van der Waals surface area (Å²) >= 11 is 0. The average Bonchev–Trinajstić information content (AvgIpc) is 2.58. The van der Waals surface area contributed by atoms with E-state index in [0.717, 1.165) is 24.8 Å². The number of nitrogens with zero attached hydrogens (tertiary/aromatic N) is 1. The lowest BCUT2D eigenvalue weighted by molar-refractivity contribution is -0.140.